The lowest BCUT2D eigenvalue weighted by Gasteiger charge is -2.18. The van der Waals surface area contributed by atoms with Gasteiger partial charge in [-0.2, -0.15) is 0 Å². The van der Waals surface area contributed by atoms with E-state index in [1.807, 2.05) is 24.3 Å². The van der Waals surface area contributed by atoms with Gasteiger partial charge < -0.3 is 15.2 Å². The fourth-order valence-electron chi connectivity index (χ4n) is 1.73. The second-order valence-electron chi connectivity index (χ2n) is 4.21. The zero-order valence-electron chi connectivity index (χ0n) is 11.0. The van der Waals surface area contributed by atoms with Crippen LogP contribution in [0.4, 0.5) is 0 Å². The summed E-state index contributed by atoms with van der Waals surface area (Å²) in [6.07, 6.45) is 6.41. The molecule has 3 heteroatoms. The van der Waals surface area contributed by atoms with Gasteiger partial charge >= 0.3 is 0 Å². The molecule has 1 aromatic carbocycles. The standard InChI is InChI=1S/C15H21NO2/c1-4-6-13(5-2)16-11-15(17)12-7-9-14(18-3)10-8-12/h1,7-10,13,15-17H,5-6,11H2,2-3H3. The van der Waals surface area contributed by atoms with Gasteiger partial charge in [-0.05, 0) is 24.1 Å². The largest absolute Gasteiger partial charge is 0.497 e. The first-order valence-corrected chi connectivity index (χ1v) is 6.20. The summed E-state index contributed by atoms with van der Waals surface area (Å²) in [6.45, 7) is 2.58. The Morgan fingerprint density at radius 2 is 2.06 bits per heavy atom. The monoisotopic (exact) mass is 247 g/mol. The highest BCUT2D eigenvalue weighted by Gasteiger charge is 2.10. The Bertz CT molecular complexity index is 380. The van der Waals surface area contributed by atoms with Crippen LogP contribution in [0.5, 0.6) is 5.75 Å². The lowest BCUT2D eigenvalue weighted by Crippen LogP contribution is -2.32. The van der Waals surface area contributed by atoms with Crippen molar-refractivity contribution in [1.29, 1.82) is 0 Å². The van der Waals surface area contributed by atoms with Gasteiger partial charge in [-0.15, -0.1) is 12.3 Å². The molecule has 0 aliphatic rings. The molecular weight excluding hydrogens is 226 g/mol. The molecule has 0 amide bonds. The molecule has 18 heavy (non-hydrogen) atoms. The van der Waals surface area contributed by atoms with Gasteiger partial charge in [0.25, 0.3) is 0 Å². The van der Waals surface area contributed by atoms with Gasteiger partial charge in [-0.25, -0.2) is 0 Å². The first-order valence-electron chi connectivity index (χ1n) is 6.20. The van der Waals surface area contributed by atoms with Crippen molar-refractivity contribution in [2.45, 2.75) is 31.9 Å². The molecule has 0 heterocycles. The van der Waals surface area contributed by atoms with Gasteiger partial charge in [0, 0.05) is 19.0 Å². The van der Waals surface area contributed by atoms with E-state index in [-0.39, 0.29) is 6.04 Å². The molecular formula is C15H21NO2. The predicted octanol–water partition coefficient (Wildman–Crippen LogP) is 2.12. The minimum Gasteiger partial charge on any atom is -0.497 e. The van der Waals surface area contributed by atoms with E-state index in [9.17, 15) is 5.11 Å². The Hall–Kier alpha value is -1.50. The van der Waals surface area contributed by atoms with E-state index in [1.165, 1.54) is 0 Å². The van der Waals surface area contributed by atoms with Gasteiger partial charge in [-0.1, -0.05) is 19.1 Å². The quantitative estimate of drug-likeness (QED) is 0.725. The second-order valence-corrected chi connectivity index (χ2v) is 4.21. The van der Waals surface area contributed by atoms with E-state index in [4.69, 9.17) is 11.2 Å². The number of methoxy groups -OCH3 is 1. The van der Waals surface area contributed by atoms with Crippen molar-refractivity contribution in [2.75, 3.05) is 13.7 Å². The maximum atomic E-state index is 10.0. The van der Waals surface area contributed by atoms with Crippen LogP contribution < -0.4 is 10.1 Å². The Kier molecular flexibility index (Phi) is 6.27. The third kappa shape index (κ3) is 4.40. The minimum absolute atomic E-state index is 0.267. The van der Waals surface area contributed by atoms with Crippen LogP contribution in [0.2, 0.25) is 0 Å². The van der Waals surface area contributed by atoms with Crippen LogP contribution in [0.1, 0.15) is 31.4 Å². The topological polar surface area (TPSA) is 41.5 Å². The number of rotatable bonds is 7. The molecule has 0 fully saturated rings. The summed E-state index contributed by atoms with van der Waals surface area (Å²) in [5, 5.41) is 13.3. The predicted molar refractivity (Wildman–Crippen MR) is 73.5 cm³/mol. The average molecular weight is 247 g/mol. The van der Waals surface area contributed by atoms with E-state index < -0.39 is 6.10 Å². The average Bonchev–Trinajstić information content (AvgIpc) is 2.43. The Morgan fingerprint density at radius 3 is 2.56 bits per heavy atom. The van der Waals surface area contributed by atoms with Gasteiger partial charge in [-0.3, -0.25) is 0 Å². The van der Waals surface area contributed by atoms with Gasteiger partial charge in [0.15, 0.2) is 0 Å². The number of hydrogen-bond acceptors (Lipinski definition) is 3. The zero-order chi connectivity index (χ0) is 13.4. The van der Waals surface area contributed by atoms with Crippen molar-refractivity contribution in [3.8, 4) is 18.1 Å². The summed E-state index contributed by atoms with van der Waals surface area (Å²) >= 11 is 0. The van der Waals surface area contributed by atoms with Crippen molar-refractivity contribution in [2.24, 2.45) is 0 Å². The van der Waals surface area contributed by atoms with E-state index in [0.29, 0.717) is 13.0 Å². The summed E-state index contributed by atoms with van der Waals surface area (Å²) in [4.78, 5) is 0. The number of aliphatic hydroxyl groups excluding tert-OH is 1. The van der Waals surface area contributed by atoms with Crippen LogP contribution in [0.3, 0.4) is 0 Å². The summed E-state index contributed by atoms with van der Waals surface area (Å²) in [5.74, 6) is 3.43. The van der Waals surface area contributed by atoms with Crippen LogP contribution in [-0.4, -0.2) is 24.8 Å². The molecule has 2 atom stereocenters. The number of benzene rings is 1. The van der Waals surface area contributed by atoms with Crippen molar-refractivity contribution >= 4 is 0 Å². The fraction of sp³-hybridized carbons (Fsp3) is 0.467. The Balaban J connectivity index is 2.48. The SMILES string of the molecule is C#CCC(CC)NCC(O)c1ccc(OC)cc1. The zero-order valence-corrected chi connectivity index (χ0v) is 11.0. The smallest absolute Gasteiger partial charge is 0.118 e. The normalized spacial score (nSPS) is 13.7. The maximum Gasteiger partial charge on any atom is 0.118 e. The Morgan fingerprint density at radius 1 is 1.39 bits per heavy atom. The molecule has 0 radical (unpaired) electrons. The molecule has 3 nitrogen and oxygen atoms in total. The number of terminal acetylenes is 1. The highest BCUT2D eigenvalue weighted by atomic mass is 16.5. The third-order valence-electron chi connectivity index (χ3n) is 2.96. The fourth-order valence-corrected chi connectivity index (χ4v) is 1.73. The molecule has 0 aliphatic carbocycles. The minimum atomic E-state index is -0.525. The second kappa shape index (κ2) is 7.75. The van der Waals surface area contributed by atoms with E-state index in [0.717, 1.165) is 17.7 Å². The van der Waals surface area contributed by atoms with Gasteiger partial charge in [0.05, 0.1) is 13.2 Å². The lowest BCUT2D eigenvalue weighted by atomic mass is 10.1. The molecule has 2 N–H and O–H groups in total. The first kappa shape index (κ1) is 14.6. The number of nitrogens with one attached hydrogen (secondary N) is 1. The molecule has 1 rings (SSSR count). The summed E-state index contributed by atoms with van der Waals surface area (Å²) in [5.41, 5.74) is 0.874. The van der Waals surface area contributed by atoms with Gasteiger partial charge in [0.1, 0.15) is 5.75 Å². The molecule has 0 saturated heterocycles. The van der Waals surface area contributed by atoms with Crippen LogP contribution in [-0.2, 0) is 0 Å². The highest BCUT2D eigenvalue weighted by Crippen LogP contribution is 2.17. The van der Waals surface area contributed by atoms with Crippen molar-refractivity contribution in [1.82, 2.24) is 5.32 Å². The van der Waals surface area contributed by atoms with E-state index in [2.05, 4.69) is 18.2 Å². The number of aliphatic hydroxyl groups is 1. The molecule has 1 aromatic rings. The first-order chi connectivity index (χ1) is 8.71. The molecule has 0 aromatic heterocycles. The van der Waals surface area contributed by atoms with Crippen molar-refractivity contribution in [3.63, 3.8) is 0 Å². The molecule has 0 bridgehead atoms. The molecule has 0 saturated carbocycles. The van der Waals surface area contributed by atoms with Crippen molar-refractivity contribution in [3.05, 3.63) is 29.8 Å². The lowest BCUT2D eigenvalue weighted by molar-refractivity contribution is 0.169. The van der Waals surface area contributed by atoms with Crippen LogP contribution in [0.25, 0.3) is 0 Å². The van der Waals surface area contributed by atoms with E-state index in [1.54, 1.807) is 7.11 Å². The third-order valence-corrected chi connectivity index (χ3v) is 2.96. The highest BCUT2D eigenvalue weighted by molar-refractivity contribution is 5.28. The molecule has 0 spiro atoms. The molecule has 0 aliphatic heterocycles. The number of hydrogen-bond donors (Lipinski definition) is 2. The maximum absolute atomic E-state index is 10.0. The van der Waals surface area contributed by atoms with Crippen LogP contribution >= 0.6 is 0 Å². The van der Waals surface area contributed by atoms with E-state index >= 15 is 0 Å². The van der Waals surface area contributed by atoms with Crippen molar-refractivity contribution < 1.29 is 9.84 Å². The number of ether oxygens (including phenoxy) is 1. The molecule has 2 unspecified atom stereocenters. The van der Waals surface area contributed by atoms with Crippen LogP contribution in [0.15, 0.2) is 24.3 Å². The summed E-state index contributed by atoms with van der Waals surface area (Å²) < 4.78 is 5.08. The van der Waals surface area contributed by atoms with Crippen LogP contribution in [0, 0.1) is 12.3 Å². The molecule has 98 valence electrons. The Labute approximate surface area is 109 Å². The van der Waals surface area contributed by atoms with Gasteiger partial charge in [0.2, 0.25) is 0 Å². The summed E-state index contributed by atoms with van der Waals surface area (Å²) in [7, 11) is 1.62. The summed E-state index contributed by atoms with van der Waals surface area (Å²) in [6, 6.07) is 7.69.